The average Bonchev–Trinajstić information content (AvgIpc) is 3.07. The molecule has 1 N–H and O–H groups in total. The Morgan fingerprint density at radius 2 is 1.71 bits per heavy atom. The minimum absolute atomic E-state index is 0.286. The summed E-state index contributed by atoms with van der Waals surface area (Å²) in [4.78, 5) is 0. The third-order valence-corrected chi connectivity index (χ3v) is 8.12. The van der Waals surface area contributed by atoms with Crippen molar-refractivity contribution in [3.8, 4) is 24.0 Å². The van der Waals surface area contributed by atoms with Crippen LogP contribution in [0.15, 0.2) is 24.3 Å². The van der Waals surface area contributed by atoms with E-state index >= 15 is 0 Å². The summed E-state index contributed by atoms with van der Waals surface area (Å²) in [6.07, 6.45) is 8.03. The van der Waals surface area contributed by atoms with Gasteiger partial charge in [0.15, 0.2) is 5.41 Å². The minimum Gasteiger partial charge on any atom is -0.494 e. The van der Waals surface area contributed by atoms with E-state index in [-0.39, 0.29) is 11.8 Å². The molecule has 0 radical (unpaired) electrons. The number of nitrogens with zero attached hydrogens (tertiary/aromatic N) is 3. The number of hydrogen-bond acceptors (Lipinski definition) is 7. The highest BCUT2D eigenvalue weighted by Crippen LogP contribution is 2.69. The van der Waals surface area contributed by atoms with Crippen LogP contribution in [0.1, 0.15) is 83.3 Å². The standard InChI is InChI=1S/C28H34N4O3/c1-3-4-5-6-7-8-15-33-22-11-9-21(10-12-22)24-26(17-29,18-30)27(19-31)23-16-20(2)13-14-28(23,34-24)35-25(27)32/h9-12,20,23-24,32H,3-8,13-16H2,1-2H3. The van der Waals surface area contributed by atoms with E-state index < -0.39 is 28.6 Å². The Hall–Kier alpha value is -3.08. The highest BCUT2D eigenvalue weighted by atomic mass is 16.7. The topological polar surface area (TPSA) is 123 Å². The molecule has 7 heteroatoms. The molecule has 1 aromatic carbocycles. The summed E-state index contributed by atoms with van der Waals surface area (Å²) in [5.41, 5.74) is -2.97. The summed E-state index contributed by atoms with van der Waals surface area (Å²) in [6.45, 7) is 4.92. The molecular formula is C28H34N4O3. The van der Waals surface area contributed by atoms with Crippen molar-refractivity contribution in [3.63, 3.8) is 0 Å². The summed E-state index contributed by atoms with van der Waals surface area (Å²) in [5, 5.41) is 39.7. The minimum atomic E-state index is -1.90. The van der Waals surface area contributed by atoms with Crippen LogP contribution in [0.4, 0.5) is 0 Å². The van der Waals surface area contributed by atoms with Gasteiger partial charge in [-0.3, -0.25) is 5.41 Å². The van der Waals surface area contributed by atoms with Crippen molar-refractivity contribution in [2.45, 2.75) is 83.5 Å². The predicted octanol–water partition coefficient (Wildman–Crippen LogP) is 6.18. The van der Waals surface area contributed by atoms with Crippen LogP contribution in [-0.4, -0.2) is 18.3 Å². The Bertz CT molecular complexity index is 1050. The predicted molar refractivity (Wildman–Crippen MR) is 129 cm³/mol. The van der Waals surface area contributed by atoms with E-state index in [0.717, 1.165) is 19.3 Å². The van der Waals surface area contributed by atoms with Gasteiger partial charge in [0.2, 0.25) is 17.1 Å². The Kier molecular flexibility index (Phi) is 7.07. The quantitative estimate of drug-likeness (QED) is 0.426. The van der Waals surface area contributed by atoms with Crippen LogP contribution in [0.2, 0.25) is 0 Å². The maximum atomic E-state index is 10.4. The molecular weight excluding hydrogens is 440 g/mol. The molecule has 1 saturated carbocycles. The van der Waals surface area contributed by atoms with Gasteiger partial charge in [-0.2, -0.15) is 15.8 Å². The lowest BCUT2D eigenvalue weighted by atomic mass is 9.50. The molecule has 4 rings (SSSR count). The third kappa shape index (κ3) is 3.85. The smallest absolute Gasteiger partial charge is 0.217 e. The first-order chi connectivity index (χ1) is 16.9. The Labute approximate surface area is 208 Å². The second kappa shape index (κ2) is 9.88. The second-order valence-electron chi connectivity index (χ2n) is 10.3. The van der Waals surface area contributed by atoms with Crippen LogP contribution in [0, 0.1) is 62.1 Å². The van der Waals surface area contributed by atoms with Crippen LogP contribution < -0.4 is 4.74 Å². The lowest BCUT2D eigenvalue weighted by molar-refractivity contribution is -0.298. The molecule has 35 heavy (non-hydrogen) atoms. The summed E-state index contributed by atoms with van der Waals surface area (Å²) in [5.74, 6) is -1.01. The molecule has 2 heterocycles. The number of hydrogen-bond donors (Lipinski definition) is 1. The zero-order valence-corrected chi connectivity index (χ0v) is 20.7. The fraction of sp³-hybridized carbons (Fsp3) is 0.643. The monoisotopic (exact) mass is 474 g/mol. The van der Waals surface area contributed by atoms with Gasteiger partial charge in [0.25, 0.3) is 0 Å². The highest BCUT2D eigenvalue weighted by molar-refractivity contribution is 5.89. The fourth-order valence-corrected chi connectivity index (χ4v) is 6.14. The number of rotatable bonds is 9. The Balaban J connectivity index is 1.57. The molecule has 7 nitrogen and oxygen atoms in total. The van der Waals surface area contributed by atoms with E-state index in [1.165, 1.54) is 25.7 Å². The van der Waals surface area contributed by atoms with Crippen molar-refractivity contribution in [1.29, 1.82) is 21.2 Å². The first kappa shape index (κ1) is 25.0. The normalized spacial score (nSPS) is 32.4. The van der Waals surface area contributed by atoms with Crippen molar-refractivity contribution in [3.05, 3.63) is 29.8 Å². The van der Waals surface area contributed by atoms with E-state index in [9.17, 15) is 15.8 Å². The molecule has 2 aliphatic heterocycles. The van der Waals surface area contributed by atoms with Crippen LogP contribution in [0.3, 0.4) is 0 Å². The average molecular weight is 475 g/mol. The molecule has 2 saturated heterocycles. The number of nitriles is 3. The van der Waals surface area contributed by atoms with Crippen LogP contribution in [-0.2, 0) is 9.47 Å². The molecule has 5 unspecified atom stereocenters. The summed E-state index contributed by atoms with van der Waals surface area (Å²) in [6, 6.07) is 13.7. The van der Waals surface area contributed by atoms with Gasteiger partial charge >= 0.3 is 0 Å². The van der Waals surface area contributed by atoms with Gasteiger partial charge in [-0.15, -0.1) is 0 Å². The lowest BCUT2D eigenvalue weighted by Crippen LogP contribution is -2.60. The first-order valence-corrected chi connectivity index (χ1v) is 12.9. The molecule has 0 aromatic heterocycles. The van der Waals surface area contributed by atoms with E-state index in [2.05, 4.69) is 32.1 Å². The fourth-order valence-electron chi connectivity index (χ4n) is 6.14. The SMILES string of the molecule is CCCCCCCCOc1ccc(C2OC34CCC(C)CC3C(C#N)(C(=N)O4)C2(C#N)C#N)cc1. The second-order valence-corrected chi connectivity index (χ2v) is 10.3. The van der Waals surface area contributed by atoms with Crippen LogP contribution >= 0.6 is 0 Å². The molecule has 0 spiro atoms. The van der Waals surface area contributed by atoms with Gasteiger partial charge in [0.05, 0.1) is 30.7 Å². The highest BCUT2D eigenvalue weighted by Gasteiger charge is 2.80. The first-order valence-electron chi connectivity index (χ1n) is 12.9. The Morgan fingerprint density at radius 3 is 2.37 bits per heavy atom. The van der Waals surface area contributed by atoms with E-state index in [4.69, 9.17) is 19.6 Å². The maximum absolute atomic E-state index is 10.4. The zero-order chi connectivity index (χ0) is 25.1. The molecule has 1 aliphatic carbocycles. The summed E-state index contributed by atoms with van der Waals surface area (Å²) < 4.78 is 18.3. The molecule has 0 amide bonds. The van der Waals surface area contributed by atoms with Crippen LogP contribution in [0.25, 0.3) is 0 Å². The molecule has 3 fully saturated rings. The lowest BCUT2D eigenvalue weighted by Gasteiger charge is -2.52. The molecule has 2 bridgehead atoms. The molecule has 5 atom stereocenters. The van der Waals surface area contributed by atoms with Crippen molar-refractivity contribution >= 4 is 5.90 Å². The number of unbranched alkanes of at least 4 members (excludes halogenated alkanes) is 5. The van der Waals surface area contributed by atoms with Gasteiger partial charge in [-0.25, -0.2) is 0 Å². The maximum Gasteiger partial charge on any atom is 0.217 e. The van der Waals surface area contributed by atoms with E-state index in [1.807, 2.05) is 12.1 Å². The van der Waals surface area contributed by atoms with Gasteiger partial charge in [0.1, 0.15) is 11.9 Å². The van der Waals surface area contributed by atoms with Gasteiger partial charge < -0.3 is 14.2 Å². The van der Waals surface area contributed by atoms with E-state index in [0.29, 0.717) is 30.8 Å². The van der Waals surface area contributed by atoms with Crippen molar-refractivity contribution in [1.82, 2.24) is 0 Å². The van der Waals surface area contributed by atoms with Crippen molar-refractivity contribution < 1.29 is 14.2 Å². The largest absolute Gasteiger partial charge is 0.494 e. The molecule has 3 aliphatic rings. The zero-order valence-electron chi connectivity index (χ0n) is 20.7. The summed E-state index contributed by atoms with van der Waals surface area (Å²) >= 11 is 0. The number of nitrogens with one attached hydrogen (secondary N) is 1. The van der Waals surface area contributed by atoms with Crippen LogP contribution in [0.5, 0.6) is 5.75 Å². The van der Waals surface area contributed by atoms with Crippen molar-refractivity contribution in [2.75, 3.05) is 6.61 Å². The Morgan fingerprint density at radius 1 is 1.03 bits per heavy atom. The summed E-state index contributed by atoms with van der Waals surface area (Å²) in [7, 11) is 0. The van der Waals surface area contributed by atoms with Crippen molar-refractivity contribution in [2.24, 2.45) is 22.7 Å². The van der Waals surface area contributed by atoms with Gasteiger partial charge in [0, 0.05) is 6.42 Å². The third-order valence-electron chi connectivity index (χ3n) is 8.12. The van der Waals surface area contributed by atoms with Gasteiger partial charge in [-0.1, -0.05) is 58.1 Å². The number of ether oxygens (including phenoxy) is 3. The van der Waals surface area contributed by atoms with E-state index in [1.54, 1.807) is 12.1 Å². The molecule has 184 valence electrons. The molecule has 1 aromatic rings. The van der Waals surface area contributed by atoms with Gasteiger partial charge in [-0.05, 0) is 42.9 Å². The number of benzene rings is 1.